The first-order chi connectivity index (χ1) is 16.4. The predicted molar refractivity (Wildman–Crippen MR) is 141 cm³/mol. The number of rotatable bonds is 8. The van der Waals surface area contributed by atoms with E-state index in [4.69, 9.17) is 9.47 Å². The summed E-state index contributed by atoms with van der Waals surface area (Å²) in [6, 6.07) is 27.1. The Hall–Kier alpha value is -3.72. The molecule has 1 N–H and O–H groups in total. The van der Waals surface area contributed by atoms with Crippen LogP contribution < -0.4 is 14.8 Å². The lowest BCUT2D eigenvalue weighted by Gasteiger charge is -2.19. The quantitative estimate of drug-likeness (QED) is 0.293. The zero-order valence-electron chi connectivity index (χ0n) is 20.7. The van der Waals surface area contributed by atoms with E-state index in [0.29, 0.717) is 13.2 Å². The van der Waals surface area contributed by atoms with Crippen molar-refractivity contribution < 1.29 is 9.47 Å². The average molecular weight is 452 g/mol. The SMILES string of the molecule is Cc1ccc(OCc2ccc(C)c(Nc3c(C)ccc(COc4ccc(C)cc4)c3C)c2)cc1. The molecule has 0 bridgehead atoms. The molecule has 4 aromatic rings. The molecule has 3 heteroatoms. The van der Waals surface area contributed by atoms with Crippen molar-refractivity contribution in [2.24, 2.45) is 0 Å². The number of ether oxygens (including phenoxy) is 2. The summed E-state index contributed by atoms with van der Waals surface area (Å²) < 4.78 is 12.0. The van der Waals surface area contributed by atoms with Gasteiger partial charge in [0.15, 0.2) is 0 Å². The second kappa shape index (κ2) is 10.5. The largest absolute Gasteiger partial charge is 0.489 e. The molecule has 0 saturated heterocycles. The summed E-state index contributed by atoms with van der Waals surface area (Å²) in [5.74, 6) is 1.77. The fourth-order valence-electron chi connectivity index (χ4n) is 3.86. The van der Waals surface area contributed by atoms with Gasteiger partial charge in [-0.05, 0) is 92.8 Å². The first-order valence-electron chi connectivity index (χ1n) is 11.7. The Bertz CT molecular complexity index is 1260. The lowest BCUT2D eigenvalue weighted by atomic mass is 10.0. The molecule has 0 atom stereocenters. The normalized spacial score (nSPS) is 10.7. The summed E-state index contributed by atoms with van der Waals surface area (Å²) in [5, 5.41) is 3.69. The highest BCUT2D eigenvalue weighted by atomic mass is 16.5. The molecule has 0 radical (unpaired) electrons. The standard InChI is InChI=1S/C31H33NO2/c1-21-6-14-28(15-7-21)33-19-26-12-10-23(3)30(18-26)32-31-24(4)11-13-27(25(31)5)20-34-29-16-8-22(2)9-17-29/h6-18,32H,19-20H2,1-5H3. The summed E-state index contributed by atoms with van der Waals surface area (Å²) in [6.07, 6.45) is 0. The van der Waals surface area contributed by atoms with Crippen LogP contribution in [0, 0.1) is 34.6 Å². The summed E-state index contributed by atoms with van der Waals surface area (Å²) in [6.45, 7) is 11.6. The molecule has 4 aromatic carbocycles. The molecule has 0 fully saturated rings. The minimum atomic E-state index is 0.528. The highest BCUT2D eigenvalue weighted by Gasteiger charge is 2.11. The van der Waals surface area contributed by atoms with E-state index in [2.05, 4.69) is 94.5 Å². The molecule has 0 heterocycles. The van der Waals surface area contributed by atoms with Crippen LogP contribution in [-0.4, -0.2) is 0 Å². The molecular weight excluding hydrogens is 418 g/mol. The number of benzene rings is 4. The first-order valence-corrected chi connectivity index (χ1v) is 11.7. The van der Waals surface area contributed by atoms with E-state index in [9.17, 15) is 0 Å². The third-order valence-corrected chi connectivity index (χ3v) is 6.19. The van der Waals surface area contributed by atoms with Gasteiger partial charge in [-0.15, -0.1) is 0 Å². The molecule has 0 amide bonds. The van der Waals surface area contributed by atoms with Gasteiger partial charge < -0.3 is 14.8 Å². The summed E-state index contributed by atoms with van der Waals surface area (Å²) in [4.78, 5) is 0. The van der Waals surface area contributed by atoms with Crippen LogP contribution in [0.15, 0.2) is 78.9 Å². The molecule has 0 spiro atoms. The van der Waals surface area contributed by atoms with Crippen molar-refractivity contribution in [3.05, 3.63) is 118 Å². The molecule has 4 rings (SSSR count). The Balaban J connectivity index is 1.49. The Morgan fingerprint density at radius 1 is 0.588 bits per heavy atom. The topological polar surface area (TPSA) is 30.5 Å². The number of nitrogens with one attached hydrogen (secondary N) is 1. The Morgan fingerprint density at radius 2 is 1.15 bits per heavy atom. The van der Waals surface area contributed by atoms with Crippen molar-refractivity contribution in [2.45, 2.75) is 47.8 Å². The number of hydrogen-bond donors (Lipinski definition) is 1. The van der Waals surface area contributed by atoms with Gasteiger partial charge in [0.25, 0.3) is 0 Å². The fraction of sp³-hybridized carbons (Fsp3) is 0.226. The van der Waals surface area contributed by atoms with Crippen LogP contribution in [-0.2, 0) is 13.2 Å². The maximum absolute atomic E-state index is 6.05. The lowest BCUT2D eigenvalue weighted by Crippen LogP contribution is -2.04. The smallest absolute Gasteiger partial charge is 0.119 e. The third kappa shape index (κ3) is 5.79. The summed E-state index contributed by atoms with van der Waals surface area (Å²) in [5.41, 5.74) is 10.6. The van der Waals surface area contributed by atoms with Crippen molar-refractivity contribution in [3.63, 3.8) is 0 Å². The Morgan fingerprint density at radius 3 is 1.76 bits per heavy atom. The third-order valence-electron chi connectivity index (χ3n) is 6.19. The second-order valence-corrected chi connectivity index (χ2v) is 9.02. The summed E-state index contributed by atoms with van der Waals surface area (Å²) >= 11 is 0. The zero-order valence-corrected chi connectivity index (χ0v) is 20.7. The lowest BCUT2D eigenvalue weighted by molar-refractivity contribution is 0.305. The molecular formula is C31H33NO2. The summed E-state index contributed by atoms with van der Waals surface area (Å²) in [7, 11) is 0. The van der Waals surface area contributed by atoms with Crippen molar-refractivity contribution in [1.29, 1.82) is 0 Å². The van der Waals surface area contributed by atoms with Crippen LogP contribution in [0.4, 0.5) is 11.4 Å². The maximum atomic E-state index is 6.05. The van der Waals surface area contributed by atoms with E-state index in [-0.39, 0.29) is 0 Å². The van der Waals surface area contributed by atoms with Gasteiger partial charge in [0.05, 0.1) is 0 Å². The number of aryl methyl sites for hydroxylation is 4. The predicted octanol–water partition coefficient (Wildman–Crippen LogP) is 8.13. The van der Waals surface area contributed by atoms with Crippen molar-refractivity contribution in [2.75, 3.05) is 5.32 Å². The minimum Gasteiger partial charge on any atom is -0.489 e. The molecule has 0 aliphatic heterocycles. The van der Waals surface area contributed by atoms with Crippen molar-refractivity contribution in [1.82, 2.24) is 0 Å². The fourth-order valence-corrected chi connectivity index (χ4v) is 3.86. The van der Waals surface area contributed by atoms with Gasteiger partial charge in [-0.2, -0.15) is 0 Å². The maximum Gasteiger partial charge on any atom is 0.119 e. The molecule has 174 valence electrons. The highest BCUT2D eigenvalue weighted by molar-refractivity contribution is 5.70. The van der Waals surface area contributed by atoms with Gasteiger partial charge in [-0.25, -0.2) is 0 Å². The van der Waals surface area contributed by atoms with Crippen LogP contribution in [0.2, 0.25) is 0 Å². The second-order valence-electron chi connectivity index (χ2n) is 9.02. The van der Waals surface area contributed by atoms with Crippen LogP contribution >= 0.6 is 0 Å². The highest BCUT2D eigenvalue weighted by Crippen LogP contribution is 2.30. The van der Waals surface area contributed by atoms with E-state index >= 15 is 0 Å². The van der Waals surface area contributed by atoms with Gasteiger partial charge in [-0.1, -0.05) is 59.7 Å². The number of hydrogen-bond acceptors (Lipinski definition) is 3. The van der Waals surface area contributed by atoms with Crippen molar-refractivity contribution in [3.8, 4) is 11.5 Å². The van der Waals surface area contributed by atoms with E-state index < -0.39 is 0 Å². The van der Waals surface area contributed by atoms with Crippen LogP contribution in [0.5, 0.6) is 11.5 Å². The molecule has 3 nitrogen and oxygen atoms in total. The average Bonchev–Trinajstić information content (AvgIpc) is 2.83. The molecule has 0 aromatic heterocycles. The monoisotopic (exact) mass is 451 g/mol. The molecule has 0 unspecified atom stereocenters. The molecule has 0 aliphatic rings. The van der Waals surface area contributed by atoms with Crippen LogP contribution in [0.25, 0.3) is 0 Å². The minimum absolute atomic E-state index is 0.528. The molecule has 34 heavy (non-hydrogen) atoms. The van der Waals surface area contributed by atoms with Gasteiger partial charge in [-0.3, -0.25) is 0 Å². The van der Waals surface area contributed by atoms with Crippen LogP contribution in [0.1, 0.15) is 38.9 Å². The van der Waals surface area contributed by atoms with Gasteiger partial charge in [0, 0.05) is 11.4 Å². The van der Waals surface area contributed by atoms with E-state index in [1.54, 1.807) is 0 Å². The zero-order chi connectivity index (χ0) is 24.1. The molecule has 0 saturated carbocycles. The van der Waals surface area contributed by atoms with Crippen molar-refractivity contribution >= 4 is 11.4 Å². The van der Waals surface area contributed by atoms with Crippen LogP contribution in [0.3, 0.4) is 0 Å². The Labute approximate surface area is 203 Å². The van der Waals surface area contributed by atoms with Gasteiger partial charge in [0.1, 0.15) is 24.7 Å². The van der Waals surface area contributed by atoms with E-state index in [1.807, 2.05) is 24.3 Å². The Kier molecular flexibility index (Phi) is 7.22. The van der Waals surface area contributed by atoms with Gasteiger partial charge >= 0.3 is 0 Å². The first kappa shape index (κ1) is 23.4. The number of anilines is 2. The molecule has 0 aliphatic carbocycles. The van der Waals surface area contributed by atoms with E-state index in [1.165, 1.54) is 33.4 Å². The van der Waals surface area contributed by atoms with E-state index in [0.717, 1.165) is 28.4 Å². The van der Waals surface area contributed by atoms with Gasteiger partial charge in [0.2, 0.25) is 0 Å².